The molecular weight excluding hydrogens is 162 g/mol. The number of aromatic nitrogens is 3. The topological polar surface area (TPSA) is 30.7 Å². The Morgan fingerprint density at radius 3 is 2.54 bits per heavy atom. The Bertz CT molecular complexity index is 387. The quantitative estimate of drug-likeness (QED) is 0.685. The van der Waals surface area contributed by atoms with Crippen molar-refractivity contribution in [3.05, 3.63) is 55.1 Å². The summed E-state index contributed by atoms with van der Waals surface area (Å²) < 4.78 is 1.70. The zero-order valence-electron chi connectivity index (χ0n) is 7.01. The predicted molar refractivity (Wildman–Crippen MR) is 49.3 cm³/mol. The van der Waals surface area contributed by atoms with Gasteiger partial charge in [-0.25, -0.2) is 9.67 Å². The molecule has 0 atom stereocenters. The summed E-state index contributed by atoms with van der Waals surface area (Å²) in [5.74, 6) is 0. The molecule has 0 unspecified atom stereocenters. The molecule has 0 saturated heterocycles. The first-order chi connectivity index (χ1) is 6.40. The Morgan fingerprint density at radius 2 is 2.00 bits per heavy atom. The summed E-state index contributed by atoms with van der Waals surface area (Å²) in [5, 5.41) is 4.01. The fourth-order valence-electron chi connectivity index (χ4n) is 1.07. The highest BCUT2D eigenvalue weighted by molar-refractivity contribution is 5.35. The Balaban J connectivity index is 2.38. The van der Waals surface area contributed by atoms with Gasteiger partial charge >= 0.3 is 0 Å². The van der Waals surface area contributed by atoms with Gasteiger partial charge in [0.2, 0.25) is 0 Å². The lowest BCUT2D eigenvalue weighted by Gasteiger charge is -1.99. The predicted octanol–water partition coefficient (Wildman–Crippen LogP) is 1.60. The van der Waals surface area contributed by atoms with E-state index in [9.17, 15) is 0 Å². The molecule has 1 aromatic carbocycles. The van der Waals surface area contributed by atoms with Crippen molar-refractivity contribution in [1.82, 2.24) is 14.8 Å². The van der Waals surface area contributed by atoms with Crippen LogP contribution in [0.1, 0.15) is 5.56 Å². The van der Waals surface area contributed by atoms with Crippen LogP contribution in [0.25, 0.3) is 5.69 Å². The van der Waals surface area contributed by atoms with E-state index in [1.54, 1.807) is 11.0 Å². The van der Waals surface area contributed by atoms with E-state index < -0.39 is 0 Å². The Morgan fingerprint density at radius 1 is 1.23 bits per heavy atom. The molecule has 63 valence electrons. The van der Waals surface area contributed by atoms with Crippen molar-refractivity contribution in [3.8, 4) is 5.69 Å². The molecule has 0 aliphatic heterocycles. The van der Waals surface area contributed by atoms with Crippen LogP contribution in [0.5, 0.6) is 0 Å². The summed E-state index contributed by atoms with van der Waals surface area (Å²) in [6, 6.07) is 7.76. The van der Waals surface area contributed by atoms with Crippen molar-refractivity contribution in [2.24, 2.45) is 0 Å². The lowest BCUT2D eigenvalue weighted by molar-refractivity contribution is 0.879. The van der Waals surface area contributed by atoms with Crippen LogP contribution in [0.15, 0.2) is 43.5 Å². The van der Waals surface area contributed by atoms with Gasteiger partial charge in [0.15, 0.2) is 0 Å². The Kier molecular flexibility index (Phi) is 1.92. The molecule has 0 aliphatic rings. The van der Waals surface area contributed by atoms with Crippen LogP contribution in [0.3, 0.4) is 0 Å². The normalized spacial score (nSPS) is 9.85. The third-order valence-corrected chi connectivity index (χ3v) is 1.75. The Hall–Kier alpha value is -1.90. The second-order valence-electron chi connectivity index (χ2n) is 2.56. The Labute approximate surface area is 76.4 Å². The molecule has 3 nitrogen and oxygen atoms in total. The highest BCUT2D eigenvalue weighted by atomic mass is 15.3. The number of hydrogen-bond acceptors (Lipinski definition) is 2. The largest absolute Gasteiger partial charge is 0.223 e. The first-order valence-corrected chi connectivity index (χ1v) is 3.88. The van der Waals surface area contributed by atoms with Crippen molar-refractivity contribution in [1.29, 1.82) is 0 Å². The van der Waals surface area contributed by atoms with Gasteiger partial charge in [-0.05, 0) is 23.8 Å². The molecule has 13 heavy (non-hydrogen) atoms. The van der Waals surface area contributed by atoms with E-state index in [-0.39, 0.29) is 0 Å². The average Bonchev–Trinajstić information content (AvgIpc) is 2.71. The van der Waals surface area contributed by atoms with E-state index in [1.165, 1.54) is 6.33 Å². The van der Waals surface area contributed by atoms with E-state index in [0.29, 0.717) is 0 Å². The van der Waals surface area contributed by atoms with Crippen LogP contribution < -0.4 is 0 Å². The summed E-state index contributed by atoms with van der Waals surface area (Å²) in [7, 11) is 0. The number of nitrogens with zero attached hydrogens (tertiary/aromatic N) is 3. The summed E-state index contributed by atoms with van der Waals surface area (Å²) in [5.41, 5.74) is 1.96. The summed E-state index contributed by atoms with van der Waals surface area (Å²) in [6.07, 6.45) is 5.97. The van der Waals surface area contributed by atoms with E-state index in [4.69, 9.17) is 0 Å². The van der Waals surface area contributed by atoms with Crippen LogP contribution >= 0.6 is 0 Å². The zero-order chi connectivity index (χ0) is 9.10. The van der Waals surface area contributed by atoms with Crippen molar-refractivity contribution in [2.75, 3.05) is 0 Å². The monoisotopic (exact) mass is 170 g/mol. The molecule has 0 spiro atoms. The highest BCUT2D eigenvalue weighted by Crippen LogP contribution is 2.07. The first kappa shape index (κ1) is 7.73. The molecule has 0 fully saturated rings. The second-order valence-corrected chi connectivity index (χ2v) is 2.56. The van der Waals surface area contributed by atoms with Gasteiger partial charge < -0.3 is 0 Å². The summed E-state index contributed by atoms with van der Waals surface area (Å²) in [6.45, 7) is 3.56. The van der Waals surface area contributed by atoms with Gasteiger partial charge in [0.25, 0.3) is 0 Å². The van der Waals surface area contributed by atoms with Gasteiger partial charge in [0, 0.05) is 0 Å². The van der Waals surface area contributed by atoms with Gasteiger partial charge in [-0.1, -0.05) is 18.7 Å². The van der Waals surface area contributed by atoms with Gasteiger partial charge in [0.05, 0.1) is 5.69 Å². The SMILES string of the molecule is C=[C]c1ccc(-n2cncn2)cc1. The van der Waals surface area contributed by atoms with Crippen LogP contribution in [-0.2, 0) is 0 Å². The molecular formula is C10H8N3. The molecule has 2 rings (SSSR count). The molecule has 0 amide bonds. The molecule has 0 bridgehead atoms. The third-order valence-electron chi connectivity index (χ3n) is 1.75. The summed E-state index contributed by atoms with van der Waals surface area (Å²) >= 11 is 0. The van der Waals surface area contributed by atoms with Crippen molar-refractivity contribution < 1.29 is 0 Å². The maximum Gasteiger partial charge on any atom is 0.138 e. The number of rotatable bonds is 2. The van der Waals surface area contributed by atoms with E-state index in [0.717, 1.165) is 11.3 Å². The fourth-order valence-corrected chi connectivity index (χ4v) is 1.07. The lowest BCUT2D eigenvalue weighted by atomic mass is 10.2. The average molecular weight is 170 g/mol. The smallest absolute Gasteiger partial charge is 0.138 e. The van der Waals surface area contributed by atoms with Crippen LogP contribution in [-0.4, -0.2) is 14.8 Å². The molecule has 2 aromatic rings. The molecule has 1 heterocycles. The minimum absolute atomic E-state index is 0.976. The maximum absolute atomic E-state index is 4.01. The van der Waals surface area contributed by atoms with Crippen molar-refractivity contribution in [3.63, 3.8) is 0 Å². The molecule has 3 heteroatoms. The van der Waals surface area contributed by atoms with Crippen LogP contribution in [0, 0.1) is 6.08 Å². The lowest BCUT2D eigenvalue weighted by Crippen LogP contribution is -1.93. The second kappa shape index (κ2) is 3.23. The van der Waals surface area contributed by atoms with Crippen molar-refractivity contribution >= 4 is 0 Å². The molecule has 0 N–H and O–H groups in total. The number of benzene rings is 1. The van der Waals surface area contributed by atoms with E-state index in [2.05, 4.69) is 22.7 Å². The minimum Gasteiger partial charge on any atom is -0.223 e. The zero-order valence-corrected chi connectivity index (χ0v) is 7.01. The summed E-state index contributed by atoms with van der Waals surface area (Å²) in [4.78, 5) is 3.87. The van der Waals surface area contributed by atoms with Crippen LogP contribution in [0.2, 0.25) is 0 Å². The van der Waals surface area contributed by atoms with Gasteiger partial charge in [-0.2, -0.15) is 5.10 Å². The van der Waals surface area contributed by atoms with E-state index >= 15 is 0 Å². The standard InChI is InChI=1S/C10H8N3/c1-2-9-3-5-10(6-4-9)13-8-11-7-12-13/h3-8H,1H2. The molecule has 0 saturated carbocycles. The molecule has 0 aliphatic carbocycles. The number of hydrogen-bond donors (Lipinski definition) is 0. The molecule has 1 aromatic heterocycles. The maximum atomic E-state index is 4.01. The van der Waals surface area contributed by atoms with Gasteiger partial charge in [-0.3, -0.25) is 0 Å². The van der Waals surface area contributed by atoms with Gasteiger partial charge in [0.1, 0.15) is 12.7 Å². The van der Waals surface area contributed by atoms with E-state index in [1.807, 2.05) is 24.3 Å². The van der Waals surface area contributed by atoms with Gasteiger partial charge in [-0.15, -0.1) is 0 Å². The fraction of sp³-hybridized carbons (Fsp3) is 0. The molecule has 1 radical (unpaired) electrons. The highest BCUT2D eigenvalue weighted by Gasteiger charge is 1.94. The van der Waals surface area contributed by atoms with Crippen LogP contribution in [0.4, 0.5) is 0 Å². The van der Waals surface area contributed by atoms with Crippen molar-refractivity contribution in [2.45, 2.75) is 0 Å². The third kappa shape index (κ3) is 1.49. The minimum atomic E-state index is 0.976. The first-order valence-electron chi connectivity index (χ1n) is 3.88.